The zero-order chi connectivity index (χ0) is 13.7. The van der Waals surface area contributed by atoms with Crippen molar-refractivity contribution in [2.24, 2.45) is 4.99 Å². The fourth-order valence-electron chi connectivity index (χ4n) is 1.97. The Morgan fingerprint density at radius 2 is 2.05 bits per heavy atom. The van der Waals surface area contributed by atoms with Gasteiger partial charge in [-0.15, -0.1) is 5.06 Å². The average molecular weight is 263 g/mol. The van der Waals surface area contributed by atoms with Crippen molar-refractivity contribution in [2.75, 3.05) is 26.7 Å². The van der Waals surface area contributed by atoms with Gasteiger partial charge in [0, 0.05) is 6.54 Å². The molecule has 1 N–H and O–H groups in total. The third-order valence-electron chi connectivity index (χ3n) is 3.01. The average Bonchev–Trinajstić information content (AvgIpc) is 2.88. The maximum absolute atomic E-state index is 5.73. The number of nitrogens with one attached hydrogen (secondary N) is 1. The minimum atomic E-state index is -0.0652. The number of rotatable bonds is 6. The van der Waals surface area contributed by atoms with E-state index in [1.54, 1.807) is 7.11 Å². The normalized spacial score (nSPS) is 19.1. The van der Waals surface area contributed by atoms with Crippen LogP contribution < -0.4 is 10.1 Å². The van der Waals surface area contributed by atoms with Crippen molar-refractivity contribution < 1.29 is 9.57 Å². The molecule has 1 aliphatic heterocycles. The molecule has 1 heterocycles. The number of hydrogen-bond donors (Lipinski definition) is 1. The fraction of sp³-hybridized carbons (Fsp3) is 0.500. The van der Waals surface area contributed by atoms with E-state index in [-0.39, 0.29) is 6.17 Å². The first-order valence-corrected chi connectivity index (χ1v) is 6.64. The highest BCUT2D eigenvalue weighted by Crippen LogP contribution is 2.28. The first-order valence-electron chi connectivity index (χ1n) is 6.64. The first-order chi connectivity index (χ1) is 9.28. The van der Waals surface area contributed by atoms with Gasteiger partial charge in [-0.1, -0.05) is 19.1 Å². The summed E-state index contributed by atoms with van der Waals surface area (Å²) in [6.07, 6.45) is -0.0652. The Hall–Kier alpha value is -1.59. The van der Waals surface area contributed by atoms with Crippen LogP contribution in [0.3, 0.4) is 0 Å². The molecule has 0 saturated carbocycles. The van der Waals surface area contributed by atoms with Gasteiger partial charge in [0.1, 0.15) is 5.75 Å². The van der Waals surface area contributed by atoms with Gasteiger partial charge in [-0.3, -0.25) is 0 Å². The Morgan fingerprint density at radius 1 is 1.32 bits per heavy atom. The van der Waals surface area contributed by atoms with Gasteiger partial charge in [0.15, 0.2) is 6.17 Å². The van der Waals surface area contributed by atoms with Crippen molar-refractivity contribution >= 4 is 5.90 Å². The summed E-state index contributed by atoms with van der Waals surface area (Å²) in [7, 11) is 1.67. The van der Waals surface area contributed by atoms with Crippen LogP contribution in [-0.2, 0) is 4.84 Å². The number of nitrogens with zero attached hydrogens (tertiary/aromatic N) is 2. The summed E-state index contributed by atoms with van der Waals surface area (Å²) in [5, 5.41) is 5.11. The van der Waals surface area contributed by atoms with Gasteiger partial charge >= 0.3 is 0 Å². The van der Waals surface area contributed by atoms with Crippen LogP contribution >= 0.6 is 0 Å². The van der Waals surface area contributed by atoms with E-state index in [9.17, 15) is 0 Å². The maximum atomic E-state index is 5.73. The molecule has 0 amide bonds. The van der Waals surface area contributed by atoms with Crippen molar-refractivity contribution in [3.05, 3.63) is 29.8 Å². The monoisotopic (exact) mass is 263 g/mol. The molecule has 0 aliphatic carbocycles. The Balaban J connectivity index is 2.12. The summed E-state index contributed by atoms with van der Waals surface area (Å²) >= 11 is 0. The van der Waals surface area contributed by atoms with E-state index in [1.807, 2.05) is 29.3 Å². The number of aliphatic imine (C=N–C) groups is 1. The molecule has 1 atom stereocenters. The van der Waals surface area contributed by atoms with Crippen molar-refractivity contribution in [2.45, 2.75) is 20.0 Å². The molecule has 0 fully saturated rings. The Labute approximate surface area is 114 Å². The molecule has 0 radical (unpaired) electrons. The van der Waals surface area contributed by atoms with Gasteiger partial charge < -0.3 is 14.9 Å². The minimum Gasteiger partial charge on any atom is -0.497 e. The molecule has 0 aromatic heterocycles. The number of likely N-dealkylation sites (N-methyl/N-ethyl adjacent to an activating group) is 1. The highest BCUT2D eigenvalue weighted by atomic mass is 16.7. The van der Waals surface area contributed by atoms with E-state index >= 15 is 0 Å². The van der Waals surface area contributed by atoms with E-state index in [4.69, 9.17) is 9.57 Å². The summed E-state index contributed by atoms with van der Waals surface area (Å²) in [6.45, 7) is 6.48. The number of hydroxylamine groups is 2. The van der Waals surface area contributed by atoms with Gasteiger partial charge in [-0.25, -0.2) is 4.99 Å². The summed E-state index contributed by atoms with van der Waals surface area (Å²) in [5.74, 6) is 1.59. The SMILES string of the molecule is CCNCC1=N[C@H](c2ccc(OC)cc2)N(CC)O1. The quantitative estimate of drug-likeness (QED) is 0.852. The molecule has 5 heteroatoms. The summed E-state index contributed by atoms with van der Waals surface area (Å²) in [6, 6.07) is 7.94. The standard InChI is InChI=1S/C14H21N3O2/c1-4-15-10-13-16-14(17(5-2)19-13)11-6-8-12(18-3)9-7-11/h6-9,14-15H,4-5,10H2,1-3H3/t14-/m0/s1. The predicted octanol–water partition coefficient (Wildman–Crippen LogP) is 1.97. The lowest BCUT2D eigenvalue weighted by molar-refractivity contribution is -0.0810. The Kier molecular flexibility index (Phi) is 4.76. The smallest absolute Gasteiger partial charge is 0.225 e. The van der Waals surface area contributed by atoms with Crippen LogP contribution in [0.25, 0.3) is 0 Å². The second-order valence-electron chi connectivity index (χ2n) is 4.27. The third-order valence-corrected chi connectivity index (χ3v) is 3.01. The zero-order valence-corrected chi connectivity index (χ0v) is 11.7. The van der Waals surface area contributed by atoms with Crippen LogP contribution in [0.1, 0.15) is 25.6 Å². The molecule has 19 heavy (non-hydrogen) atoms. The van der Waals surface area contributed by atoms with E-state index in [1.165, 1.54) is 0 Å². The summed E-state index contributed by atoms with van der Waals surface area (Å²) < 4.78 is 5.17. The molecule has 0 bridgehead atoms. The van der Waals surface area contributed by atoms with Gasteiger partial charge in [0.05, 0.1) is 13.7 Å². The van der Waals surface area contributed by atoms with E-state index in [0.29, 0.717) is 6.54 Å². The van der Waals surface area contributed by atoms with Crippen LogP contribution in [0.2, 0.25) is 0 Å². The van der Waals surface area contributed by atoms with Crippen molar-refractivity contribution in [3.8, 4) is 5.75 Å². The summed E-state index contributed by atoms with van der Waals surface area (Å²) in [5.41, 5.74) is 1.11. The lowest BCUT2D eigenvalue weighted by Gasteiger charge is -2.19. The van der Waals surface area contributed by atoms with E-state index < -0.39 is 0 Å². The van der Waals surface area contributed by atoms with Crippen LogP contribution in [0.5, 0.6) is 5.75 Å². The van der Waals surface area contributed by atoms with Crippen molar-refractivity contribution in [1.29, 1.82) is 0 Å². The van der Waals surface area contributed by atoms with E-state index in [0.717, 1.165) is 30.3 Å². The van der Waals surface area contributed by atoms with Crippen LogP contribution in [0.15, 0.2) is 29.3 Å². The molecular weight excluding hydrogens is 242 g/mol. The molecule has 1 aliphatic rings. The molecule has 0 saturated heterocycles. The molecule has 1 aromatic rings. The summed E-state index contributed by atoms with van der Waals surface area (Å²) in [4.78, 5) is 10.3. The number of ether oxygens (including phenoxy) is 1. The van der Waals surface area contributed by atoms with Gasteiger partial charge in [-0.2, -0.15) is 0 Å². The molecule has 2 rings (SSSR count). The molecule has 104 valence electrons. The second kappa shape index (κ2) is 6.54. The van der Waals surface area contributed by atoms with Gasteiger partial charge in [-0.05, 0) is 31.2 Å². The van der Waals surface area contributed by atoms with Gasteiger partial charge in [0.25, 0.3) is 0 Å². The van der Waals surface area contributed by atoms with Crippen LogP contribution in [0, 0.1) is 0 Å². The van der Waals surface area contributed by atoms with Crippen LogP contribution in [-0.4, -0.2) is 37.7 Å². The predicted molar refractivity (Wildman–Crippen MR) is 75.2 cm³/mol. The minimum absolute atomic E-state index is 0.0652. The zero-order valence-electron chi connectivity index (χ0n) is 11.7. The lowest BCUT2D eigenvalue weighted by Crippen LogP contribution is -2.27. The fourth-order valence-corrected chi connectivity index (χ4v) is 1.97. The number of hydrogen-bond acceptors (Lipinski definition) is 5. The maximum Gasteiger partial charge on any atom is 0.225 e. The molecule has 1 aromatic carbocycles. The first kappa shape index (κ1) is 13.8. The second-order valence-corrected chi connectivity index (χ2v) is 4.27. The van der Waals surface area contributed by atoms with Crippen molar-refractivity contribution in [1.82, 2.24) is 10.4 Å². The third kappa shape index (κ3) is 3.24. The number of benzene rings is 1. The van der Waals surface area contributed by atoms with E-state index in [2.05, 4.69) is 24.2 Å². The highest BCUT2D eigenvalue weighted by molar-refractivity contribution is 5.79. The number of methoxy groups -OCH3 is 1. The molecular formula is C14H21N3O2. The van der Waals surface area contributed by atoms with Crippen molar-refractivity contribution in [3.63, 3.8) is 0 Å². The van der Waals surface area contributed by atoms with Crippen LogP contribution in [0.4, 0.5) is 0 Å². The van der Waals surface area contributed by atoms with Gasteiger partial charge in [0.2, 0.25) is 5.90 Å². The Morgan fingerprint density at radius 3 is 2.63 bits per heavy atom. The molecule has 5 nitrogen and oxygen atoms in total. The lowest BCUT2D eigenvalue weighted by atomic mass is 10.1. The topological polar surface area (TPSA) is 46.1 Å². The molecule has 0 unspecified atom stereocenters. The highest BCUT2D eigenvalue weighted by Gasteiger charge is 2.28. The Bertz CT molecular complexity index is 431. The largest absolute Gasteiger partial charge is 0.497 e. The molecule has 0 spiro atoms.